The number of ether oxygens (including phenoxy) is 2. The van der Waals surface area contributed by atoms with E-state index >= 15 is 0 Å². The first kappa shape index (κ1) is 10.0. The maximum Gasteiger partial charge on any atom is 0.350 e. The van der Waals surface area contributed by atoms with Crippen LogP contribution in [0.4, 0.5) is 5.69 Å². The standard InChI is InChI=1S/C8H11NO3S/c1-11-4-5-3-6(9)7(13-5)8(10)12-2/h3H,4,9H2,1-2H3. The van der Waals surface area contributed by atoms with Crippen LogP contribution in [-0.2, 0) is 16.1 Å². The van der Waals surface area contributed by atoms with Crippen molar-refractivity contribution in [3.63, 3.8) is 0 Å². The summed E-state index contributed by atoms with van der Waals surface area (Å²) in [6.07, 6.45) is 0. The van der Waals surface area contributed by atoms with Crippen LogP contribution in [0.3, 0.4) is 0 Å². The van der Waals surface area contributed by atoms with Gasteiger partial charge in [-0.3, -0.25) is 0 Å². The Labute approximate surface area is 80.3 Å². The highest BCUT2D eigenvalue weighted by Crippen LogP contribution is 2.25. The van der Waals surface area contributed by atoms with E-state index in [0.717, 1.165) is 4.88 Å². The van der Waals surface area contributed by atoms with Gasteiger partial charge in [-0.25, -0.2) is 4.79 Å². The molecule has 0 spiro atoms. The van der Waals surface area contributed by atoms with Crippen LogP contribution in [0.5, 0.6) is 0 Å². The molecule has 1 heterocycles. The highest BCUT2D eigenvalue weighted by atomic mass is 32.1. The minimum Gasteiger partial charge on any atom is -0.465 e. The van der Waals surface area contributed by atoms with Crippen LogP contribution in [0.2, 0.25) is 0 Å². The fourth-order valence-corrected chi connectivity index (χ4v) is 1.89. The highest BCUT2D eigenvalue weighted by molar-refractivity contribution is 7.14. The molecule has 13 heavy (non-hydrogen) atoms. The van der Waals surface area contributed by atoms with E-state index in [0.29, 0.717) is 17.2 Å². The van der Waals surface area contributed by atoms with Crippen LogP contribution in [0.1, 0.15) is 14.5 Å². The van der Waals surface area contributed by atoms with Crippen molar-refractivity contribution < 1.29 is 14.3 Å². The lowest BCUT2D eigenvalue weighted by Crippen LogP contribution is -2.00. The van der Waals surface area contributed by atoms with Crippen molar-refractivity contribution in [2.45, 2.75) is 6.61 Å². The van der Waals surface area contributed by atoms with Gasteiger partial charge in [0.2, 0.25) is 0 Å². The summed E-state index contributed by atoms with van der Waals surface area (Å²) in [4.78, 5) is 12.5. The molecule has 0 aromatic carbocycles. The van der Waals surface area contributed by atoms with Crippen LogP contribution < -0.4 is 5.73 Å². The SMILES string of the molecule is COCc1cc(N)c(C(=O)OC)s1. The minimum atomic E-state index is -0.398. The summed E-state index contributed by atoms with van der Waals surface area (Å²) < 4.78 is 9.47. The fourth-order valence-electron chi connectivity index (χ4n) is 0.924. The first-order valence-electron chi connectivity index (χ1n) is 3.64. The normalized spacial score (nSPS) is 10.0. The number of methoxy groups -OCH3 is 2. The number of thiophene rings is 1. The molecule has 2 N–H and O–H groups in total. The zero-order valence-electron chi connectivity index (χ0n) is 7.49. The van der Waals surface area contributed by atoms with E-state index in [1.807, 2.05) is 0 Å². The van der Waals surface area contributed by atoms with Gasteiger partial charge in [-0.15, -0.1) is 11.3 Å². The van der Waals surface area contributed by atoms with E-state index in [2.05, 4.69) is 4.74 Å². The Hall–Kier alpha value is -1.07. The highest BCUT2D eigenvalue weighted by Gasteiger charge is 2.14. The summed E-state index contributed by atoms with van der Waals surface area (Å²) in [5.74, 6) is -0.398. The Morgan fingerprint density at radius 2 is 2.31 bits per heavy atom. The van der Waals surface area contributed by atoms with Crippen LogP contribution in [0, 0.1) is 0 Å². The van der Waals surface area contributed by atoms with Gasteiger partial charge >= 0.3 is 5.97 Å². The molecule has 1 rings (SSSR count). The van der Waals surface area contributed by atoms with Gasteiger partial charge in [0.05, 0.1) is 19.4 Å². The predicted octanol–water partition coefficient (Wildman–Crippen LogP) is 1.26. The average Bonchev–Trinajstić information content (AvgIpc) is 2.46. The van der Waals surface area contributed by atoms with E-state index < -0.39 is 5.97 Å². The van der Waals surface area contributed by atoms with Crippen molar-refractivity contribution in [3.05, 3.63) is 15.8 Å². The monoisotopic (exact) mass is 201 g/mol. The van der Waals surface area contributed by atoms with E-state index in [1.165, 1.54) is 18.4 Å². The third-order valence-corrected chi connectivity index (χ3v) is 2.57. The molecular formula is C8H11NO3S. The van der Waals surface area contributed by atoms with E-state index in [1.54, 1.807) is 13.2 Å². The smallest absolute Gasteiger partial charge is 0.350 e. The molecule has 0 fully saturated rings. The molecule has 0 bridgehead atoms. The van der Waals surface area contributed by atoms with E-state index in [4.69, 9.17) is 10.5 Å². The Balaban J connectivity index is 2.89. The summed E-state index contributed by atoms with van der Waals surface area (Å²) in [5.41, 5.74) is 6.05. The van der Waals surface area contributed by atoms with Gasteiger partial charge in [0.15, 0.2) is 0 Å². The van der Waals surface area contributed by atoms with Gasteiger partial charge in [-0.2, -0.15) is 0 Å². The lowest BCUT2D eigenvalue weighted by molar-refractivity contribution is 0.0607. The molecule has 0 atom stereocenters. The minimum absolute atomic E-state index is 0.398. The van der Waals surface area contributed by atoms with Crippen molar-refractivity contribution >= 4 is 23.0 Å². The van der Waals surface area contributed by atoms with Gasteiger partial charge in [-0.1, -0.05) is 0 Å². The number of hydrogen-bond acceptors (Lipinski definition) is 5. The molecule has 0 saturated heterocycles. The number of carbonyl (C=O) groups is 1. The van der Waals surface area contributed by atoms with Crippen molar-refractivity contribution in [1.82, 2.24) is 0 Å². The second-order valence-corrected chi connectivity index (χ2v) is 3.56. The molecule has 1 aromatic heterocycles. The molecule has 4 nitrogen and oxygen atoms in total. The number of hydrogen-bond donors (Lipinski definition) is 1. The fraction of sp³-hybridized carbons (Fsp3) is 0.375. The molecule has 5 heteroatoms. The molecule has 0 radical (unpaired) electrons. The van der Waals surface area contributed by atoms with Gasteiger partial charge in [0.1, 0.15) is 4.88 Å². The third kappa shape index (κ3) is 2.19. The number of esters is 1. The van der Waals surface area contributed by atoms with Gasteiger partial charge in [-0.05, 0) is 6.07 Å². The van der Waals surface area contributed by atoms with Crippen LogP contribution in [0.25, 0.3) is 0 Å². The second-order valence-electron chi connectivity index (χ2n) is 2.42. The average molecular weight is 201 g/mol. The lowest BCUT2D eigenvalue weighted by atomic mass is 10.3. The lowest BCUT2D eigenvalue weighted by Gasteiger charge is -1.94. The third-order valence-electron chi connectivity index (χ3n) is 1.47. The molecule has 0 aliphatic rings. The van der Waals surface area contributed by atoms with Gasteiger partial charge in [0.25, 0.3) is 0 Å². The molecule has 0 aliphatic heterocycles. The summed E-state index contributed by atoms with van der Waals surface area (Å²) in [5, 5.41) is 0. The largest absolute Gasteiger partial charge is 0.465 e. The van der Waals surface area contributed by atoms with Gasteiger partial charge < -0.3 is 15.2 Å². The van der Waals surface area contributed by atoms with E-state index in [9.17, 15) is 4.79 Å². The molecule has 0 aliphatic carbocycles. The second kappa shape index (κ2) is 4.25. The predicted molar refractivity (Wildman–Crippen MR) is 50.8 cm³/mol. The zero-order chi connectivity index (χ0) is 9.84. The Morgan fingerprint density at radius 3 is 2.85 bits per heavy atom. The molecule has 72 valence electrons. The molecule has 1 aromatic rings. The maximum absolute atomic E-state index is 11.1. The Bertz CT molecular complexity index is 308. The number of nitrogens with two attached hydrogens (primary N) is 1. The molecule has 0 unspecified atom stereocenters. The number of rotatable bonds is 3. The van der Waals surface area contributed by atoms with Crippen molar-refractivity contribution in [1.29, 1.82) is 0 Å². The number of nitrogen functional groups attached to an aromatic ring is 1. The zero-order valence-corrected chi connectivity index (χ0v) is 8.31. The van der Waals surface area contributed by atoms with Crippen LogP contribution in [0.15, 0.2) is 6.07 Å². The topological polar surface area (TPSA) is 61.5 Å². The summed E-state index contributed by atoms with van der Waals surface area (Å²) in [7, 11) is 2.92. The maximum atomic E-state index is 11.1. The quantitative estimate of drug-likeness (QED) is 0.748. The summed E-state index contributed by atoms with van der Waals surface area (Å²) in [6.45, 7) is 0.464. The van der Waals surface area contributed by atoms with Crippen LogP contribution in [-0.4, -0.2) is 20.2 Å². The van der Waals surface area contributed by atoms with Gasteiger partial charge in [0, 0.05) is 12.0 Å². The summed E-state index contributed by atoms with van der Waals surface area (Å²) >= 11 is 1.29. The Kier molecular flexibility index (Phi) is 3.27. The number of carbonyl (C=O) groups excluding carboxylic acids is 1. The van der Waals surface area contributed by atoms with Crippen molar-refractivity contribution in [2.24, 2.45) is 0 Å². The van der Waals surface area contributed by atoms with Crippen molar-refractivity contribution in [3.8, 4) is 0 Å². The Morgan fingerprint density at radius 1 is 1.62 bits per heavy atom. The number of anilines is 1. The van der Waals surface area contributed by atoms with Crippen molar-refractivity contribution in [2.75, 3.05) is 20.0 Å². The van der Waals surface area contributed by atoms with E-state index in [-0.39, 0.29) is 0 Å². The molecular weight excluding hydrogens is 190 g/mol. The first-order chi connectivity index (χ1) is 6.19. The molecule has 0 saturated carbocycles. The summed E-state index contributed by atoms with van der Waals surface area (Å²) in [6, 6.07) is 1.72. The molecule has 0 amide bonds. The van der Waals surface area contributed by atoms with Crippen LogP contribution >= 0.6 is 11.3 Å². The first-order valence-corrected chi connectivity index (χ1v) is 4.46.